The van der Waals surface area contributed by atoms with Crippen molar-refractivity contribution < 1.29 is 8.76 Å². The molecule has 0 fully saturated rings. The molecule has 1 atom stereocenters. The van der Waals surface area contributed by atoms with Gasteiger partial charge in [-0.1, -0.05) is 84.9 Å². The van der Waals surface area contributed by atoms with Gasteiger partial charge in [0.1, 0.15) is 0 Å². The maximum atomic E-state index is 8.78. The highest BCUT2D eigenvalue weighted by molar-refractivity contribution is 7.76. The van der Waals surface area contributed by atoms with Gasteiger partial charge in [0.25, 0.3) is 0 Å². The minimum Gasteiger partial charge on any atom is -0.760 e. The summed E-state index contributed by atoms with van der Waals surface area (Å²) >= 11 is -2.36. The van der Waals surface area contributed by atoms with Crippen LogP contribution in [0.25, 0.3) is 0 Å². The van der Waals surface area contributed by atoms with Crippen LogP contribution in [0.1, 0.15) is 22.3 Å². The van der Waals surface area contributed by atoms with Crippen molar-refractivity contribution in [2.75, 3.05) is 0 Å². The standard InChI is InChI=1S/C20H18.H3NO2S/c1-3-9-17(10-4-1)15-19-13-7-8-14-20(19)16-18-11-5-2-6-12-18;1-4(2)3/h1-14H,15-16H2;1H2,(H,2,3)/p-1. The Kier molecular flexibility index (Phi) is 7.36. The van der Waals surface area contributed by atoms with Crippen molar-refractivity contribution in [3.8, 4) is 0 Å². The first-order valence-electron chi connectivity index (χ1n) is 7.63. The van der Waals surface area contributed by atoms with E-state index in [1.165, 1.54) is 22.3 Å². The van der Waals surface area contributed by atoms with Crippen molar-refractivity contribution in [3.05, 3.63) is 107 Å². The van der Waals surface area contributed by atoms with E-state index < -0.39 is 11.3 Å². The van der Waals surface area contributed by atoms with E-state index in [1.54, 1.807) is 0 Å². The Morgan fingerprint density at radius 3 is 1.29 bits per heavy atom. The normalized spacial score (nSPS) is 11.2. The van der Waals surface area contributed by atoms with E-state index in [0.717, 1.165) is 12.8 Å². The van der Waals surface area contributed by atoms with E-state index in [0.29, 0.717) is 0 Å². The highest BCUT2D eigenvalue weighted by Crippen LogP contribution is 2.17. The molecule has 124 valence electrons. The second kappa shape index (κ2) is 9.78. The van der Waals surface area contributed by atoms with Crippen molar-refractivity contribution in [1.29, 1.82) is 0 Å². The van der Waals surface area contributed by atoms with Gasteiger partial charge in [0.05, 0.1) is 0 Å². The molecule has 2 N–H and O–H groups in total. The maximum absolute atomic E-state index is 8.78. The Balaban J connectivity index is 0.000000471. The quantitative estimate of drug-likeness (QED) is 0.739. The number of nitrogens with two attached hydrogens (primary N) is 1. The first kappa shape index (κ1) is 18.1. The van der Waals surface area contributed by atoms with E-state index in [9.17, 15) is 0 Å². The van der Waals surface area contributed by atoms with E-state index in [-0.39, 0.29) is 0 Å². The summed E-state index contributed by atoms with van der Waals surface area (Å²) in [5, 5.41) is 4.03. The monoisotopic (exact) mass is 338 g/mol. The lowest BCUT2D eigenvalue weighted by atomic mass is 9.95. The Morgan fingerprint density at radius 1 is 0.667 bits per heavy atom. The van der Waals surface area contributed by atoms with Crippen LogP contribution in [-0.4, -0.2) is 8.76 Å². The molecule has 0 aliphatic carbocycles. The Morgan fingerprint density at radius 2 is 0.958 bits per heavy atom. The van der Waals surface area contributed by atoms with Gasteiger partial charge >= 0.3 is 0 Å². The molecule has 3 nitrogen and oxygen atoms in total. The highest BCUT2D eigenvalue weighted by Gasteiger charge is 2.03. The molecule has 0 aromatic heterocycles. The van der Waals surface area contributed by atoms with Crippen molar-refractivity contribution in [3.63, 3.8) is 0 Å². The van der Waals surface area contributed by atoms with Crippen molar-refractivity contribution in [2.24, 2.45) is 5.14 Å². The van der Waals surface area contributed by atoms with Gasteiger partial charge in [-0.3, -0.25) is 9.35 Å². The first-order chi connectivity index (χ1) is 11.6. The molecule has 0 heterocycles. The van der Waals surface area contributed by atoms with Crippen LogP contribution in [-0.2, 0) is 24.1 Å². The molecule has 3 rings (SSSR count). The molecule has 1 unspecified atom stereocenters. The summed E-state index contributed by atoms with van der Waals surface area (Å²) in [5.41, 5.74) is 5.58. The van der Waals surface area contributed by atoms with Crippen LogP contribution < -0.4 is 5.14 Å². The van der Waals surface area contributed by atoms with Crippen molar-refractivity contribution in [1.82, 2.24) is 0 Å². The van der Waals surface area contributed by atoms with Crippen LogP contribution in [0.5, 0.6) is 0 Å². The Hall–Kier alpha value is -2.27. The summed E-state index contributed by atoms with van der Waals surface area (Å²) in [7, 11) is 0. The maximum Gasteiger partial charge on any atom is 0.0152 e. The molecule has 0 aliphatic heterocycles. The van der Waals surface area contributed by atoms with Crippen LogP contribution in [0.3, 0.4) is 0 Å². The van der Waals surface area contributed by atoms with Gasteiger partial charge in [-0.15, -0.1) is 0 Å². The molecule has 3 aromatic carbocycles. The van der Waals surface area contributed by atoms with Gasteiger partial charge in [-0.2, -0.15) is 0 Å². The van der Waals surface area contributed by atoms with Gasteiger partial charge in [0, 0.05) is 11.3 Å². The zero-order valence-corrected chi connectivity index (χ0v) is 14.1. The van der Waals surface area contributed by atoms with Crippen LogP contribution in [0, 0.1) is 0 Å². The fourth-order valence-corrected chi connectivity index (χ4v) is 2.53. The number of hydrogen-bond donors (Lipinski definition) is 1. The first-order valence-corrected chi connectivity index (χ1v) is 8.77. The molecule has 0 spiro atoms. The number of hydrogen-bond acceptors (Lipinski definition) is 2. The lowest BCUT2D eigenvalue weighted by molar-refractivity contribution is 0.539. The Labute approximate surface area is 145 Å². The molecule has 4 heteroatoms. The number of benzene rings is 3. The summed E-state index contributed by atoms with van der Waals surface area (Å²) < 4.78 is 17.6. The zero-order valence-electron chi connectivity index (χ0n) is 13.3. The van der Waals surface area contributed by atoms with Crippen LogP contribution in [0.2, 0.25) is 0 Å². The molecular weight excluding hydrogens is 318 g/mol. The van der Waals surface area contributed by atoms with Gasteiger partial charge in [-0.25, -0.2) is 0 Å². The van der Waals surface area contributed by atoms with Gasteiger partial charge in [0.15, 0.2) is 0 Å². The molecule has 0 amide bonds. The molecule has 24 heavy (non-hydrogen) atoms. The minimum atomic E-state index is -2.36. The van der Waals surface area contributed by atoms with Crippen molar-refractivity contribution >= 4 is 11.3 Å². The molecule has 0 radical (unpaired) electrons. The minimum absolute atomic E-state index is 1.00. The van der Waals surface area contributed by atoms with Gasteiger partial charge < -0.3 is 4.55 Å². The smallest absolute Gasteiger partial charge is 0.0152 e. The lowest BCUT2D eigenvalue weighted by Crippen LogP contribution is -1.97. The predicted molar refractivity (Wildman–Crippen MR) is 98.0 cm³/mol. The molecular formula is C20H20NO2S-. The second-order valence-corrected chi connectivity index (χ2v) is 5.87. The largest absolute Gasteiger partial charge is 0.760 e. The SMILES string of the molecule is NS(=O)[O-].c1ccc(Cc2ccccc2Cc2ccccc2)cc1. The van der Waals surface area contributed by atoms with Gasteiger partial charge in [0.2, 0.25) is 0 Å². The predicted octanol–water partition coefficient (Wildman–Crippen LogP) is 3.61. The second-order valence-electron chi connectivity index (χ2n) is 5.35. The fraction of sp³-hybridized carbons (Fsp3) is 0.100. The van der Waals surface area contributed by atoms with Crippen LogP contribution >= 0.6 is 0 Å². The van der Waals surface area contributed by atoms with E-state index in [4.69, 9.17) is 8.76 Å². The topological polar surface area (TPSA) is 66.2 Å². The van der Waals surface area contributed by atoms with E-state index in [2.05, 4.69) is 90.1 Å². The van der Waals surface area contributed by atoms with E-state index in [1.807, 2.05) is 0 Å². The van der Waals surface area contributed by atoms with Crippen LogP contribution in [0.15, 0.2) is 84.9 Å². The van der Waals surface area contributed by atoms with Crippen LogP contribution in [0.4, 0.5) is 0 Å². The zero-order chi connectivity index (χ0) is 17.2. The summed E-state index contributed by atoms with van der Waals surface area (Å²) in [5.74, 6) is 0. The summed E-state index contributed by atoms with van der Waals surface area (Å²) in [6.07, 6.45) is 2.01. The summed E-state index contributed by atoms with van der Waals surface area (Å²) in [6, 6.07) is 30.1. The fourth-order valence-electron chi connectivity index (χ4n) is 2.53. The third-order valence-corrected chi connectivity index (χ3v) is 3.59. The van der Waals surface area contributed by atoms with Crippen molar-refractivity contribution in [2.45, 2.75) is 12.8 Å². The lowest BCUT2D eigenvalue weighted by Gasteiger charge is -2.10. The molecule has 0 saturated carbocycles. The summed E-state index contributed by atoms with van der Waals surface area (Å²) in [6.45, 7) is 0. The Bertz CT molecular complexity index is 696. The molecule has 0 aliphatic rings. The molecule has 0 saturated heterocycles. The third-order valence-electron chi connectivity index (χ3n) is 3.59. The highest BCUT2D eigenvalue weighted by atomic mass is 32.2. The average molecular weight is 338 g/mol. The average Bonchev–Trinajstić information content (AvgIpc) is 2.58. The molecule has 3 aromatic rings. The van der Waals surface area contributed by atoms with Gasteiger partial charge in [-0.05, 0) is 35.1 Å². The third kappa shape index (κ3) is 6.46. The number of rotatable bonds is 4. The summed E-state index contributed by atoms with van der Waals surface area (Å²) in [4.78, 5) is 0. The molecule has 0 bridgehead atoms. The van der Waals surface area contributed by atoms with E-state index >= 15 is 0 Å².